The van der Waals surface area contributed by atoms with Crippen LogP contribution < -0.4 is 5.32 Å². The molecule has 0 saturated heterocycles. The number of nitrogens with one attached hydrogen (secondary N) is 1. The Bertz CT molecular complexity index is 527. The molecule has 0 radical (unpaired) electrons. The lowest BCUT2D eigenvalue weighted by Gasteiger charge is -2.12. The smallest absolute Gasteiger partial charge is 0.270 e. The van der Waals surface area contributed by atoms with E-state index in [0.29, 0.717) is 0 Å². The van der Waals surface area contributed by atoms with E-state index in [2.05, 4.69) is 5.32 Å². The predicted molar refractivity (Wildman–Crippen MR) is 71.0 cm³/mol. The van der Waals surface area contributed by atoms with Gasteiger partial charge in [-0.05, 0) is 29.3 Å². The summed E-state index contributed by atoms with van der Waals surface area (Å²) < 4.78 is 26.5. The number of benzene rings is 2. The molecule has 94 valence electrons. The van der Waals surface area contributed by atoms with Crippen LogP contribution in [-0.2, 0) is 5.92 Å². The van der Waals surface area contributed by atoms with E-state index in [4.69, 9.17) is 0 Å². The number of hydrogen-bond donors (Lipinski definition) is 1. The van der Waals surface area contributed by atoms with Crippen molar-refractivity contribution in [2.75, 3.05) is 12.4 Å². The molecule has 0 bridgehead atoms. The van der Waals surface area contributed by atoms with Gasteiger partial charge in [-0.25, -0.2) is 8.78 Å². The van der Waals surface area contributed by atoms with Crippen LogP contribution >= 0.6 is 0 Å². The molecular formula is C15H15F2N. The maximum absolute atomic E-state index is 13.3. The molecule has 0 heterocycles. The van der Waals surface area contributed by atoms with Gasteiger partial charge in [-0.15, -0.1) is 0 Å². The van der Waals surface area contributed by atoms with Crippen LogP contribution in [0.5, 0.6) is 0 Å². The minimum absolute atomic E-state index is 0.0395. The fourth-order valence-electron chi connectivity index (χ4n) is 1.80. The van der Waals surface area contributed by atoms with Crippen molar-refractivity contribution in [1.29, 1.82) is 0 Å². The Hall–Kier alpha value is -1.90. The Morgan fingerprint density at radius 3 is 2.17 bits per heavy atom. The van der Waals surface area contributed by atoms with Gasteiger partial charge in [0.1, 0.15) is 0 Å². The summed E-state index contributed by atoms with van der Waals surface area (Å²) >= 11 is 0. The summed E-state index contributed by atoms with van der Waals surface area (Å²) in [5, 5.41) is 3.02. The highest BCUT2D eigenvalue weighted by Gasteiger charge is 2.24. The largest absolute Gasteiger partial charge is 0.388 e. The highest BCUT2D eigenvalue weighted by molar-refractivity contribution is 5.66. The van der Waals surface area contributed by atoms with Crippen molar-refractivity contribution in [2.45, 2.75) is 12.8 Å². The predicted octanol–water partition coefficient (Wildman–Crippen LogP) is 4.51. The van der Waals surface area contributed by atoms with Crippen molar-refractivity contribution in [3.8, 4) is 11.1 Å². The Labute approximate surface area is 105 Å². The third kappa shape index (κ3) is 2.67. The molecule has 0 aromatic heterocycles. The highest BCUT2D eigenvalue weighted by atomic mass is 19.3. The van der Waals surface area contributed by atoms with Crippen LogP contribution in [0.3, 0.4) is 0 Å². The molecule has 0 spiro atoms. The fourth-order valence-corrected chi connectivity index (χ4v) is 1.80. The zero-order chi connectivity index (χ0) is 13.2. The SMILES string of the molecule is CNc1ccc(-c2cccc(C(C)(F)F)c2)cc1. The monoisotopic (exact) mass is 247 g/mol. The standard InChI is InChI=1S/C15H15F2N/c1-15(16,17)13-5-3-4-12(10-13)11-6-8-14(18-2)9-7-11/h3-10,18H,1-2H3. The average molecular weight is 247 g/mol. The molecule has 0 atom stereocenters. The average Bonchev–Trinajstić information content (AvgIpc) is 2.38. The van der Waals surface area contributed by atoms with E-state index >= 15 is 0 Å². The van der Waals surface area contributed by atoms with Gasteiger partial charge in [-0.1, -0.05) is 30.3 Å². The lowest BCUT2D eigenvalue weighted by atomic mass is 10.0. The van der Waals surface area contributed by atoms with Gasteiger partial charge in [0.25, 0.3) is 5.92 Å². The van der Waals surface area contributed by atoms with E-state index in [-0.39, 0.29) is 5.56 Å². The quantitative estimate of drug-likeness (QED) is 0.841. The van der Waals surface area contributed by atoms with Crippen LogP contribution in [-0.4, -0.2) is 7.05 Å². The molecule has 2 aromatic carbocycles. The van der Waals surface area contributed by atoms with Crippen molar-refractivity contribution >= 4 is 5.69 Å². The van der Waals surface area contributed by atoms with Crippen molar-refractivity contribution in [3.05, 3.63) is 54.1 Å². The zero-order valence-corrected chi connectivity index (χ0v) is 10.4. The minimum atomic E-state index is -2.80. The molecule has 0 aliphatic heterocycles. The molecule has 1 N–H and O–H groups in total. The van der Waals surface area contributed by atoms with Crippen LogP contribution in [0.4, 0.5) is 14.5 Å². The lowest BCUT2D eigenvalue weighted by Crippen LogP contribution is -2.06. The van der Waals surface area contributed by atoms with Crippen molar-refractivity contribution in [1.82, 2.24) is 0 Å². The fraction of sp³-hybridized carbons (Fsp3) is 0.200. The van der Waals surface area contributed by atoms with Crippen LogP contribution in [0, 0.1) is 0 Å². The molecule has 0 fully saturated rings. The number of halogens is 2. The second-order valence-electron chi connectivity index (χ2n) is 4.30. The van der Waals surface area contributed by atoms with Gasteiger partial charge in [0.15, 0.2) is 0 Å². The second kappa shape index (κ2) is 4.77. The summed E-state index contributed by atoms with van der Waals surface area (Å²) in [7, 11) is 1.84. The van der Waals surface area contributed by atoms with E-state index in [1.807, 2.05) is 37.4 Å². The summed E-state index contributed by atoms with van der Waals surface area (Å²) in [6, 6.07) is 14.2. The summed E-state index contributed by atoms with van der Waals surface area (Å²) in [5.74, 6) is -2.80. The summed E-state index contributed by atoms with van der Waals surface area (Å²) in [4.78, 5) is 0. The van der Waals surface area contributed by atoms with E-state index in [1.54, 1.807) is 6.07 Å². The second-order valence-corrected chi connectivity index (χ2v) is 4.30. The molecule has 0 aliphatic rings. The first kappa shape index (κ1) is 12.6. The highest BCUT2D eigenvalue weighted by Crippen LogP contribution is 2.30. The molecule has 3 heteroatoms. The van der Waals surface area contributed by atoms with Crippen LogP contribution in [0.15, 0.2) is 48.5 Å². The lowest BCUT2D eigenvalue weighted by molar-refractivity contribution is 0.0175. The van der Waals surface area contributed by atoms with Crippen molar-refractivity contribution < 1.29 is 8.78 Å². The summed E-state index contributed by atoms with van der Waals surface area (Å²) in [6.45, 7) is 0.913. The molecular weight excluding hydrogens is 232 g/mol. The Balaban J connectivity index is 2.38. The molecule has 1 nitrogen and oxygen atoms in total. The molecule has 0 amide bonds. The Morgan fingerprint density at radius 1 is 0.944 bits per heavy atom. The van der Waals surface area contributed by atoms with Crippen molar-refractivity contribution in [3.63, 3.8) is 0 Å². The van der Waals surface area contributed by atoms with Gasteiger partial charge in [-0.2, -0.15) is 0 Å². The van der Waals surface area contributed by atoms with Gasteiger partial charge < -0.3 is 5.32 Å². The third-order valence-electron chi connectivity index (χ3n) is 2.88. The van der Waals surface area contributed by atoms with Crippen LogP contribution in [0.1, 0.15) is 12.5 Å². The first-order chi connectivity index (χ1) is 8.50. The van der Waals surface area contributed by atoms with E-state index in [0.717, 1.165) is 23.7 Å². The minimum Gasteiger partial charge on any atom is -0.388 e. The zero-order valence-electron chi connectivity index (χ0n) is 10.4. The maximum Gasteiger partial charge on any atom is 0.270 e. The van der Waals surface area contributed by atoms with E-state index < -0.39 is 5.92 Å². The topological polar surface area (TPSA) is 12.0 Å². The number of alkyl halides is 2. The number of hydrogen-bond acceptors (Lipinski definition) is 1. The van der Waals surface area contributed by atoms with E-state index in [9.17, 15) is 8.78 Å². The summed E-state index contributed by atoms with van der Waals surface area (Å²) in [5.41, 5.74) is 2.77. The first-order valence-electron chi connectivity index (χ1n) is 5.77. The number of rotatable bonds is 3. The van der Waals surface area contributed by atoms with Gasteiger partial charge in [0.2, 0.25) is 0 Å². The molecule has 0 unspecified atom stereocenters. The normalized spacial score (nSPS) is 11.3. The van der Waals surface area contributed by atoms with Gasteiger partial charge in [-0.3, -0.25) is 0 Å². The van der Waals surface area contributed by atoms with E-state index in [1.165, 1.54) is 12.1 Å². The third-order valence-corrected chi connectivity index (χ3v) is 2.88. The first-order valence-corrected chi connectivity index (χ1v) is 5.77. The van der Waals surface area contributed by atoms with Crippen LogP contribution in [0.25, 0.3) is 11.1 Å². The molecule has 0 saturated carbocycles. The molecule has 2 aromatic rings. The van der Waals surface area contributed by atoms with Gasteiger partial charge in [0.05, 0.1) is 0 Å². The molecule has 0 aliphatic carbocycles. The molecule has 2 rings (SSSR count). The van der Waals surface area contributed by atoms with Crippen molar-refractivity contribution in [2.24, 2.45) is 0 Å². The van der Waals surface area contributed by atoms with Crippen LogP contribution in [0.2, 0.25) is 0 Å². The van der Waals surface area contributed by atoms with Gasteiger partial charge in [0, 0.05) is 25.2 Å². The summed E-state index contributed by atoms with van der Waals surface area (Å²) in [6.07, 6.45) is 0. The maximum atomic E-state index is 13.3. The number of anilines is 1. The van der Waals surface area contributed by atoms with Gasteiger partial charge >= 0.3 is 0 Å². The Morgan fingerprint density at radius 2 is 1.61 bits per heavy atom. The Kier molecular flexibility index (Phi) is 3.32. The molecule has 18 heavy (non-hydrogen) atoms.